The summed E-state index contributed by atoms with van der Waals surface area (Å²) in [7, 11) is 0. The first-order chi connectivity index (χ1) is 11.7. The third kappa shape index (κ3) is 4.14. The fraction of sp³-hybridized carbons (Fsp3) is 0.235. The van der Waals surface area contributed by atoms with Crippen LogP contribution >= 0.6 is 15.9 Å². The number of anilines is 1. The molecule has 1 aromatic carbocycles. The van der Waals surface area contributed by atoms with E-state index < -0.39 is 17.5 Å². The van der Waals surface area contributed by atoms with E-state index in [0.717, 1.165) is 4.47 Å². The van der Waals surface area contributed by atoms with Crippen molar-refractivity contribution < 1.29 is 13.9 Å². The standard InChI is InChI=1S/C17H16BrFN4O2/c1-17(2,3)25-16(24)21-11-4-5-13(19)12(6-11)14-9-23-8-10(18)7-20-15(23)22-14/h4-9H,1-3H3,(H,21,24). The summed E-state index contributed by atoms with van der Waals surface area (Å²) in [5.41, 5.74) is 0.469. The fourth-order valence-electron chi connectivity index (χ4n) is 2.21. The molecule has 3 rings (SSSR count). The Morgan fingerprint density at radius 1 is 1.32 bits per heavy atom. The number of fused-ring (bicyclic) bond motifs is 1. The zero-order chi connectivity index (χ0) is 18.2. The maximum atomic E-state index is 14.2. The Bertz CT molecular complexity index is 949. The SMILES string of the molecule is CC(C)(C)OC(=O)Nc1ccc(F)c(-c2cn3cc(Br)cnc3n2)c1. The third-order valence-corrected chi connectivity index (χ3v) is 3.58. The van der Waals surface area contributed by atoms with Crippen LogP contribution in [0, 0.1) is 5.82 Å². The van der Waals surface area contributed by atoms with E-state index in [1.54, 1.807) is 43.8 Å². The second kappa shape index (κ2) is 6.44. The number of hydrogen-bond donors (Lipinski definition) is 1. The number of nitrogens with zero attached hydrogens (tertiary/aromatic N) is 3. The number of rotatable bonds is 2. The molecule has 130 valence electrons. The van der Waals surface area contributed by atoms with E-state index in [0.29, 0.717) is 17.2 Å². The van der Waals surface area contributed by atoms with Crippen LogP contribution in [0.4, 0.5) is 14.9 Å². The topological polar surface area (TPSA) is 68.5 Å². The number of carbonyl (C=O) groups is 1. The first-order valence-electron chi connectivity index (χ1n) is 7.51. The highest BCUT2D eigenvalue weighted by Crippen LogP contribution is 2.26. The fourth-order valence-corrected chi connectivity index (χ4v) is 2.53. The lowest BCUT2D eigenvalue weighted by Gasteiger charge is -2.19. The normalized spacial score (nSPS) is 11.6. The molecule has 1 N–H and O–H groups in total. The summed E-state index contributed by atoms with van der Waals surface area (Å²) in [6, 6.07) is 4.25. The number of imidazole rings is 1. The number of ether oxygens (including phenoxy) is 1. The molecule has 0 aliphatic carbocycles. The van der Waals surface area contributed by atoms with E-state index in [1.165, 1.54) is 18.2 Å². The summed E-state index contributed by atoms with van der Waals surface area (Å²) in [6.07, 6.45) is 4.45. The maximum Gasteiger partial charge on any atom is 0.412 e. The number of benzene rings is 1. The third-order valence-electron chi connectivity index (χ3n) is 3.17. The highest BCUT2D eigenvalue weighted by atomic mass is 79.9. The summed E-state index contributed by atoms with van der Waals surface area (Å²) in [5.74, 6) is 0.000292. The number of carbonyl (C=O) groups excluding carboxylic acids is 1. The summed E-state index contributed by atoms with van der Waals surface area (Å²) in [5, 5.41) is 2.59. The van der Waals surface area contributed by atoms with Crippen molar-refractivity contribution >= 4 is 33.5 Å². The number of halogens is 2. The predicted octanol–water partition coefficient (Wildman–Crippen LogP) is 4.64. The van der Waals surface area contributed by atoms with Gasteiger partial charge in [0, 0.05) is 29.8 Å². The van der Waals surface area contributed by atoms with Gasteiger partial charge in [-0.3, -0.25) is 9.72 Å². The molecule has 3 aromatic rings. The lowest BCUT2D eigenvalue weighted by Crippen LogP contribution is -2.27. The van der Waals surface area contributed by atoms with Gasteiger partial charge in [0.2, 0.25) is 5.78 Å². The van der Waals surface area contributed by atoms with Crippen molar-refractivity contribution in [2.75, 3.05) is 5.32 Å². The van der Waals surface area contributed by atoms with Crippen LogP contribution in [0.2, 0.25) is 0 Å². The smallest absolute Gasteiger partial charge is 0.412 e. The van der Waals surface area contributed by atoms with E-state index in [2.05, 4.69) is 31.2 Å². The van der Waals surface area contributed by atoms with Crippen LogP contribution in [0.5, 0.6) is 0 Å². The lowest BCUT2D eigenvalue weighted by atomic mass is 10.1. The van der Waals surface area contributed by atoms with Gasteiger partial charge >= 0.3 is 6.09 Å². The van der Waals surface area contributed by atoms with Gasteiger partial charge in [-0.15, -0.1) is 0 Å². The Labute approximate surface area is 152 Å². The molecule has 0 bridgehead atoms. The molecule has 0 aliphatic heterocycles. The highest BCUT2D eigenvalue weighted by molar-refractivity contribution is 9.10. The molecule has 25 heavy (non-hydrogen) atoms. The summed E-state index contributed by atoms with van der Waals surface area (Å²) < 4.78 is 21.9. The van der Waals surface area contributed by atoms with Crippen molar-refractivity contribution in [3.05, 3.63) is 47.1 Å². The van der Waals surface area contributed by atoms with Crippen molar-refractivity contribution in [3.63, 3.8) is 0 Å². The van der Waals surface area contributed by atoms with Gasteiger partial charge in [-0.05, 0) is 54.9 Å². The van der Waals surface area contributed by atoms with Crippen LogP contribution in [-0.4, -0.2) is 26.1 Å². The summed E-state index contributed by atoms with van der Waals surface area (Å²) in [4.78, 5) is 20.3. The van der Waals surface area contributed by atoms with Crippen LogP contribution in [0.1, 0.15) is 20.8 Å². The largest absolute Gasteiger partial charge is 0.444 e. The molecule has 0 saturated heterocycles. The lowest BCUT2D eigenvalue weighted by molar-refractivity contribution is 0.0636. The Hall–Kier alpha value is -2.48. The second-order valence-corrected chi connectivity index (χ2v) is 7.34. The van der Waals surface area contributed by atoms with E-state index in [1.807, 2.05) is 0 Å². The average molecular weight is 407 g/mol. The van der Waals surface area contributed by atoms with Gasteiger partial charge in [-0.25, -0.2) is 19.2 Å². The number of amides is 1. The van der Waals surface area contributed by atoms with Crippen molar-refractivity contribution in [2.45, 2.75) is 26.4 Å². The molecule has 8 heteroatoms. The minimum absolute atomic E-state index is 0.259. The van der Waals surface area contributed by atoms with Crippen LogP contribution in [-0.2, 0) is 4.74 Å². The first-order valence-corrected chi connectivity index (χ1v) is 8.31. The zero-order valence-electron chi connectivity index (χ0n) is 13.9. The molecule has 0 atom stereocenters. The van der Waals surface area contributed by atoms with Crippen molar-refractivity contribution in [3.8, 4) is 11.3 Å². The molecule has 0 fully saturated rings. The minimum atomic E-state index is -0.617. The minimum Gasteiger partial charge on any atom is -0.444 e. The van der Waals surface area contributed by atoms with Crippen LogP contribution in [0.25, 0.3) is 17.0 Å². The monoisotopic (exact) mass is 406 g/mol. The molecule has 0 unspecified atom stereocenters. The molecule has 1 amide bonds. The average Bonchev–Trinajstić information content (AvgIpc) is 2.90. The quantitative estimate of drug-likeness (QED) is 0.672. The molecule has 0 spiro atoms. The first kappa shape index (κ1) is 17.3. The zero-order valence-corrected chi connectivity index (χ0v) is 15.5. The predicted molar refractivity (Wildman–Crippen MR) is 95.9 cm³/mol. The van der Waals surface area contributed by atoms with Gasteiger partial charge in [0.15, 0.2) is 0 Å². The second-order valence-electron chi connectivity index (χ2n) is 6.43. The Kier molecular flexibility index (Phi) is 4.47. The number of hydrogen-bond acceptors (Lipinski definition) is 4. The van der Waals surface area contributed by atoms with Crippen molar-refractivity contribution in [1.29, 1.82) is 0 Å². The molecule has 2 heterocycles. The van der Waals surface area contributed by atoms with E-state index in [9.17, 15) is 9.18 Å². The Morgan fingerprint density at radius 2 is 2.08 bits per heavy atom. The molecule has 2 aromatic heterocycles. The maximum absolute atomic E-state index is 14.2. The van der Waals surface area contributed by atoms with Crippen LogP contribution < -0.4 is 5.32 Å². The molecule has 0 aliphatic rings. The van der Waals surface area contributed by atoms with Gasteiger partial charge in [0.25, 0.3) is 0 Å². The summed E-state index contributed by atoms with van der Waals surface area (Å²) in [6.45, 7) is 5.30. The summed E-state index contributed by atoms with van der Waals surface area (Å²) >= 11 is 3.33. The molecular weight excluding hydrogens is 391 g/mol. The van der Waals surface area contributed by atoms with Gasteiger partial charge < -0.3 is 4.74 Å². The van der Waals surface area contributed by atoms with Gasteiger partial charge in [-0.2, -0.15) is 0 Å². The van der Waals surface area contributed by atoms with E-state index >= 15 is 0 Å². The molecule has 0 saturated carbocycles. The van der Waals surface area contributed by atoms with Crippen molar-refractivity contribution in [1.82, 2.24) is 14.4 Å². The molecule has 6 nitrogen and oxygen atoms in total. The highest BCUT2D eigenvalue weighted by Gasteiger charge is 2.17. The van der Waals surface area contributed by atoms with Gasteiger partial charge in [-0.1, -0.05) is 0 Å². The number of nitrogens with one attached hydrogen (secondary N) is 1. The van der Waals surface area contributed by atoms with Crippen LogP contribution in [0.3, 0.4) is 0 Å². The Morgan fingerprint density at radius 3 is 2.80 bits per heavy atom. The Balaban J connectivity index is 1.92. The van der Waals surface area contributed by atoms with Gasteiger partial charge in [0.05, 0.1) is 10.2 Å². The van der Waals surface area contributed by atoms with E-state index in [4.69, 9.17) is 4.74 Å². The van der Waals surface area contributed by atoms with Crippen LogP contribution in [0.15, 0.2) is 41.3 Å². The van der Waals surface area contributed by atoms with Gasteiger partial charge in [0.1, 0.15) is 11.4 Å². The molecule has 0 radical (unpaired) electrons. The van der Waals surface area contributed by atoms with E-state index in [-0.39, 0.29) is 5.56 Å². The number of aromatic nitrogens is 3. The molecular formula is C17H16BrFN4O2. The van der Waals surface area contributed by atoms with Crippen molar-refractivity contribution in [2.24, 2.45) is 0 Å².